The Morgan fingerprint density at radius 1 is 1.38 bits per heavy atom. The third kappa shape index (κ3) is 2.52. The van der Waals surface area contributed by atoms with E-state index in [1.807, 2.05) is 0 Å². The van der Waals surface area contributed by atoms with Gasteiger partial charge >= 0.3 is 11.9 Å². The number of hydrogen-bond acceptors (Lipinski definition) is 4. The molecule has 0 saturated carbocycles. The van der Waals surface area contributed by atoms with Crippen molar-refractivity contribution in [1.82, 2.24) is 4.98 Å². The maximum Gasteiger partial charge on any atom is 0.346 e. The van der Waals surface area contributed by atoms with E-state index in [1.165, 1.54) is 24.5 Å². The van der Waals surface area contributed by atoms with E-state index < -0.39 is 11.9 Å². The first kappa shape index (κ1) is 9.12. The molecule has 0 fully saturated rings. The van der Waals surface area contributed by atoms with Gasteiger partial charge in [0.05, 0.1) is 5.56 Å². The Hall–Kier alpha value is -1.97. The van der Waals surface area contributed by atoms with E-state index >= 15 is 0 Å². The Morgan fingerprint density at radius 2 is 2.00 bits per heavy atom. The molecule has 0 atom stereocenters. The highest BCUT2D eigenvalue weighted by Crippen LogP contribution is 1.99. The number of nitrogens with zero attached hydrogens (tertiary/aromatic N) is 1. The van der Waals surface area contributed by atoms with Gasteiger partial charge in [-0.25, -0.2) is 9.59 Å². The lowest BCUT2D eigenvalue weighted by Gasteiger charge is -1.97. The van der Waals surface area contributed by atoms with Crippen LogP contribution in [0.2, 0.25) is 0 Å². The summed E-state index contributed by atoms with van der Waals surface area (Å²) in [4.78, 5) is 25.4. The fraction of sp³-hybridized carbons (Fsp3) is 0. The van der Waals surface area contributed by atoms with Crippen molar-refractivity contribution < 1.29 is 14.3 Å². The molecule has 0 aliphatic carbocycles. The van der Waals surface area contributed by atoms with Crippen molar-refractivity contribution in [3.05, 3.63) is 42.7 Å². The summed E-state index contributed by atoms with van der Waals surface area (Å²) >= 11 is 0. The third-order valence-electron chi connectivity index (χ3n) is 1.28. The summed E-state index contributed by atoms with van der Waals surface area (Å²) in [7, 11) is 0. The van der Waals surface area contributed by atoms with E-state index in [4.69, 9.17) is 0 Å². The second kappa shape index (κ2) is 4.15. The molecule has 13 heavy (non-hydrogen) atoms. The van der Waals surface area contributed by atoms with E-state index in [1.54, 1.807) is 0 Å². The molecule has 0 unspecified atom stereocenters. The van der Waals surface area contributed by atoms with Crippen LogP contribution in [0.3, 0.4) is 0 Å². The van der Waals surface area contributed by atoms with Gasteiger partial charge in [-0.2, -0.15) is 0 Å². The monoisotopic (exact) mass is 177 g/mol. The van der Waals surface area contributed by atoms with Crippen LogP contribution in [0.15, 0.2) is 37.2 Å². The lowest BCUT2D eigenvalue weighted by Crippen LogP contribution is -2.09. The van der Waals surface area contributed by atoms with Gasteiger partial charge in [-0.05, 0) is 12.1 Å². The van der Waals surface area contributed by atoms with Crippen molar-refractivity contribution >= 4 is 11.9 Å². The maximum atomic E-state index is 11.1. The van der Waals surface area contributed by atoms with E-state index in [-0.39, 0.29) is 5.56 Å². The minimum absolute atomic E-state index is 0.283. The van der Waals surface area contributed by atoms with Crippen LogP contribution in [0, 0.1) is 0 Å². The summed E-state index contributed by atoms with van der Waals surface area (Å²) in [6.07, 6.45) is 3.81. The number of rotatable bonds is 2. The summed E-state index contributed by atoms with van der Waals surface area (Å²) < 4.78 is 4.36. The van der Waals surface area contributed by atoms with Gasteiger partial charge in [0, 0.05) is 18.5 Å². The Kier molecular flexibility index (Phi) is 2.92. The molecule has 4 nitrogen and oxygen atoms in total. The molecule has 0 saturated heterocycles. The van der Waals surface area contributed by atoms with Crippen LogP contribution in [0.1, 0.15) is 10.4 Å². The second-order valence-electron chi connectivity index (χ2n) is 2.15. The van der Waals surface area contributed by atoms with Crippen molar-refractivity contribution in [2.24, 2.45) is 0 Å². The fourth-order valence-electron chi connectivity index (χ4n) is 0.680. The summed E-state index contributed by atoms with van der Waals surface area (Å²) in [5.41, 5.74) is 0.283. The third-order valence-corrected chi connectivity index (χ3v) is 1.28. The predicted octanol–water partition coefficient (Wildman–Crippen LogP) is 0.951. The summed E-state index contributed by atoms with van der Waals surface area (Å²) in [6.45, 7) is 3.17. The van der Waals surface area contributed by atoms with E-state index in [0.717, 1.165) is 6.08 Å². The minimum atomic E-state index is -0.762. The number of carbonyl (C=O) groups excluding carboxylic acids is 2. The van der Waals surface area contributed by atoms with Crippen LogP contribution in [0.25, 0.3) is 0 Å². The Morgan fingerprint density at radius 3 is 2.54 bits per heavy atom. The first-order valence-corrected chi connectivity index (χ1v) is 3.52. The van der Waals surface area contributed by atoms with Gasteiger partial charge in [-0.1, -0.05) is 6.58 Å². The van der Waals surface area contributed by atoms with E-state index in [9.17, 15) is 9.59 Å². The number of ether oxygens (including phenoxy) is 1. The van der Waals surface area contributed by atoms with Gasteiger partial charge in [0.25, 0.3) is 0 Å². The summed E-state index contributed by atoms with van der Waals surface area (Å²) in [6, 6.07) is 2.91. The number of carbonyl (C=O) groups is 2. The molecular formula is C9H7NO3. The molecule has 1 heterocycles. The highest BCUT2D eigenvalue weighted by atomic mass is 16.6. The smallest absolute Gasteiger partial charge is 0.346 e. The summed E-state index contributed by atoms with van der Waals surface area (Å²) in [5, 5.41) is 0. The quantitative estimate of drug-likeness (QED) is 0.383. The van der Waals surface area contributed by atoms with Crippen molar-refractivity contribution in [3.8, 4) is 0 Å². The van der Waals surface area contributed by atoms with Gasteiger partial charge in [-0.3, -0.25) is 4.98 Å². The highest BCUT2D eigenvalue weighted by molar-refractivity contribution is 5.99. The lowest BCUT2D eigenvalue weighted by atomic mass is 10.3. The fourth-order valence-corrected chi connectivity index (χ4v) is 0.680. The molecule has 0 aliphatic rings. The number of hydrogen-bond donors (Lipinski definition) is 0. The molecule has 0 bridgehead atoms. The van der Waals surface area contributed by atoms with E-state index in [0.29, 0.717) is 0 Å². The van der Waals surface area contributed by atoms with Gasteiger partial charge in [0.2, 0.25) is 0 Å². The topological polar surface area (TPSA) is 56.3 Å². The molecule has 1 aromatic heterocycles. The standard InChI is InChI=1S/C9H7NO3/c1-2-8(11)13-9(12)7-3-5-10-6-4-7/h2-6H,1H2. The first-order chi connectivity index (χ1) is 6.24. The zero-order valence-electron chi connectivity index (χ0n) is 6.77. The van der Waals surface area contributed by atoms with Gasteiger partial charge in [-0.15, -0.1) is 0 Å². The molecule has 0 N–H and O–H groups in total. The van der Waals surface area contributed by atoms with Gasteiger partial charge in [0.1, 0.15) is 0 Å². The largest absolute Gasteiger partial charge is 0.386 e. The first-order valence-electron chi connectivity index (χ1n) is 3.52. The average Bonchev–Trinajstić information content (AvgIpc) is 2.19. The van der Waals surface area contributed by atoms with Crippen LogP contribution < -0.4 is 0 Å². The predicted molar refractivity (Wildman–Crippen MR) is 44.9 cm³/mol. The van der Waals surface area contributed by atoms with Crippen molar-refractivity contribution in [1.29, 1.82) is 0 Å². The van der Waals surface area contributed by atoms with Crippen molar-refractivity contribution in [2.45, 2.75) is 0 Å². The minimum Gasteiger partial charge on any atom is -0.386 e. The highest BCUT2D eigenvalue weighted by Gasteiger charge is 2.08. The molecule has 0 aromatic carbocycles. The molecular weight excluding hydrogens is 170 g/mol. The Labute approximate surface area is 74.9 Å². The SMILES string of the molecule is C=CC(=O)OC(=O)c1ccncc1. The second-order valence-corrected chi connectivity index (χ2v) is 2.15. The Bertz CT molecular complexity index is 332. The van der Waals surface area contributed by atoms with Crippen molar-refractivity contribution in [2.75, 3.05) is 0 Å². The lowest BCUT2D eigenvalue weighted by molar-refractivity contribution is -0.132. The van der Waals surface area contributed by atoms with Crippen LogP contribution in [-0.4, -0.2) is 16.9 Å². The van der Waals surface area contributed by atoms with Gasteiger partial charge < -0.3 is 4.74 Å². The van der Waals surface area contributed by atoms with Crippen molar-refractivity contribution in [3.63, 3.8) is 0 Å². The molecule has 4 heteroatoms. The number of aromatic nitrogens is 1. The molecule has 1 rings (SSSR count). The zero-order valence-corrected chi connectivity index (χ0v) is 6.77. The molecule has 0 spiro atoms. The van der Waals surface area contributed by atoms with Crippen LogP contribution >= 0.6 is 0 Å². The Balaban J connectivity index is 2.70. The molecule has 66 valence electrons. The maximum absolute atomic E-state index is 11.1. The van der Waals surface area contributed by atoms with Crippen LogP contribution in [0.4, 0.5) is 0 Å². The van der Waals surface area contributed by atoms with E-state index in [2.05, 4.69) is 16.3 Å². The average molecular weight is 177 g/mol. The molecule has 0 radical (unpaired) electrons. The molecule has 1 aromatic rings. The molecule has 0 amide bonds. The van der Waals surface area contributed by atoms with Gasteiger partial charge in [0.15, 0.2) is 0 Å². The van der Waals surface area contributed by atoms with Crippen LogP contribution in [0.5, 0.6) is 0 Å². The van der Waals surface area contributed by atoms with Crippen LogP contribution in [-0.2, 0) is 9.53 Å². The summed E-state index contributed by atoms with van der Waals surface area (Å²) in [5.74, 6) is -1.46. The zero-order chi connectivity index (χ0) is 9.68. The molecule has 0 aliphatic heterocycles. The normalized spacial score (nSPS) is 8.92. The number of pyridine rings is 1. The number of esters is 2.